The van der Waals surface area contributed by atoms with Crippen molar-refractivity contribution in [1.82, 2.24) is 10.9 Å². The number of hydrogen-bond donors (Lipinski definition) is 1. The molecular formula is C8H11N2. The van der Waals surface area contributed by atoms with Gasteiger partial charge in [-0.05, 0) is 12.8 Å². The zero-order valence-electron chi connectivity index (χ0n) is 5.83. The van der Waals surface area contributed by atoms with Gasteiger partial charge in [0, 0.05) is 12.1 Å². The summed E-state index contributed by atoms with van der Waals surface area (Å²) < 4.78 is 0. The van der Waals surface area contributed by atoms with Crippen molar-refractivity contribution in [3.8, 4) is 0 Å². The third-order valence-electron chi connectivity index (χ3n) is 2.11. The SMILES string of the molecule is C1=CCC2[N]NC=CC2C1. The Balaban J connectivity index is 2.12. The van der Waals surface area contributed by atoms with Gasteiger partial charge in [0.2, 0.25) is 0 Å². The van der Waals surface area contributed by atoms with Gasteiger partial charge in [0.25, 0.3) is 0 Å². The molecule has 2 aliphatic rings. The van der Waals surface area contributed by atoms with Gasteiger partial charge in [-0.1, -0.05) is 18.2 Å². The number of rotatable bonds is 0. The Bertz CT molecular complexity index is 172. The smallest absolute Gasteiger partial charge is 0.0570 e. The molecule has 1 aliphatic heterocycles. The fraction of sp³-hybridized carbons (Fsp3) is 0.500. The average molecular weight is 135 g/mol. The molecular weight excluding hydrogens is 124 g/mol. The van der Waals surface area contributed by atoms with Gasteiger partial charge in [-0.3, -0.25) is 0 Å². The monoisotopic (exact) mass is 135 g/mol. The lowest BCUT2D eigenvalue weighted by atomic mass is 9.89. The van der Waals surface area contributed by atoms with Crippen LogP contribution in [-0.4, -0.2) is 6.04 Å². The molecule has 53 valence electrons. The van der Waals surface area contributed by atoms with Gasteiger partial charge in [0.05, 0.1) is 6.04 Å². The first-order valence-corrected chi connectivity index (χ1v) is 3.74. The van der Waals surface area contributed by atoms with Gasteiger partial charge in [-0.25, -0.2) is 0 Å². The van der Waals surface area contributed by atoms with Crippen molar-refractivity contribution in [2.45, 2.75) is 18.9 Å². The molecule has 0 aromatic heterocycles. The van der Waals surface area contributed by atoms with Crippen LogP contribution in [0.2, 0.25) is 0 Å². The minimum absolute atomic E-state index is 0.495. The predicted octanol–water partition coefficient (Wildman–Crippen LogP) is 0.958. The van der Waals surface area contributed by atoms with E-state index in [-0.39, 0.29) is 0 Å². The molecule has 0 aromatic carbocycles. The van der Waals surface area contributed by atoms with Crippen LogP contribution in [0.25, 0.3) is 0 Å². The molecule has 10 heavy (non-hydrogen) atoms. The van der Waals surface area contributed by atoms with Crippen LogP contribution in [0.15, 0.2) is 24.4 Å². The first kappa shape index (κ1) is 5.98. The van der Waals surface area contributed by atoms with Crippen molar-refractivity contribution < 1.29 is 0 Å². The molecule has 0 aromatic rings. The van der Waals surface area contributed by atoms with E-state index in [1.165, 1.54) is 0 Å². The Morgan fingerprint density at radius 3 is 3.10 bits per heavy atom. The van der Waals surface area contributed by atoms with Crippen LogP contribution >= 0.6 is 0 Å². The third-order valence-corrected chi connectivity index (χ3v) is 2.11. The van der Waals surface area contributed by atoms with E-state index in [0.717, 1.165) is 12.8 Å². The van der Waals surface area contributed by atoms with Gasteiger partial charge in [-0.2, -0.15) is 0 Å². The molecule has 0 amide bonds. The number of nitrogens with one attached hydrogen (secondary N) is 1. The van der Waals surface area contributed by atoms with E-state index in [4.69, 9.17) is 0 Å². The minimum atomic E-state index is 0.495. The molecule has 0 bridgehead atoms. The molecule has 1 heterocycles. The Morgan fingerprint density at radius 2 is 2.20 bits per heavy atom. The highest BCUT2D eigenvalue weighted by molar-refractivity contribution is 5.06. The first-order valence-electron chi connectivity index (χ1n) is 3.74. The molecule has 2 unspecified atom stereocenters. The van der Waals surface area contributed by atoms with Crippen LogP contribution in [0, 0.1) is 5.92 Å². The normalized spacial score (nSPS) is 36.8. The highest BCUT2D eigenvalue weighted by Gasteiger charge is 2.22. The minimum Gasteiger partial charge on any atom is -0.311 e. The third kappa shape index (κ3) is 0.948. The van der Waals surface area contributed by atoms with E-state index in [1.807, 2.05) is 6.20 Å². The maximum absolute atomic E-state index is 4.26. The average Bonchev–Trinajstić information content (AvgIpc) is 2.05. The molecule has 2 atom stereocenters. The standard InChI is InChI=1S/C8H11N2/c1-2-4-8-7(3-1)5-6-9-10-8/h1-2,5-9H,3-4H2. The van der Waals surface area contributed by atoms with Gasteiger partial charge in [0.1, 0.15) is 0 Å². The summed E-state index contributed by atoms with van der Waals surface area (Å²) in [7, 11) is 0. The van der Waals surface area contributed by atoms with Crippen molar-refractivity contribution in [3.63, 3.8) is 0 Å². The molecule has 2 nitrogen and oxygen atoms in total. The summed E-state index contributed by atoms with van der Waals surface area (Å²) in [5.74, 6) is 0.659. The van der Waals surface area contributed by atoms with E-state index in [2.05, 4.69) is 29.1 Å². The van der Waals surface area contributed by atoms with Gasteiger partial charge in [0.15, 0.2) is 0 Å². The highest BCUT2D eigenvalue weighted by atomic mass is 15.4. The van der Waals surface area contributed by atoms with Crippen LogP contribution in [0.3, 0.4) is 0 Å². The molecule has 0 fully saturated rings. The van der Waals surface area contributed by atoms with E-state index < -0.39 is 0 Å². The maximum Gasteiger partial charge on any atom is 0.0570 e. The molecule has 0 saturated heterocycles. The predicted molar refractivity (Wildman–Crippen MR) is 40.1 cm³/mol. The zero-order valence-corrected chi connectivity index (χ0v) is 5.83. The highest BCUT2D eigenvalue weighted by Crippen LogP contribution is 2.21. The van der Waals surface area contributed by atoms with E-state index in [1.54, 1.807) is 0 Å². The zero-order chi connectivity index (χ0) is 6.81. The van der Waals surface area contributed by atoms with Crippen LogP contribution in [0.4, 0.5) is 0 Å². The van der Waals surface area contributed by atoms with Crippen molar-refractivity contribution in [1.29, 1.82) is 0 Å². The Labute approximate surface area is 61.0 Å². The van der Waals surface area contributed by atoms with Crippen LogP contribution in [-0.2, 0) is 0 Å². The van der Waals surface area contributed by atoms with E-state index in [9.17, 15) is 0 Å². The molecule has 0 spiro atoms. The molecule has 2 rings (SSSR count). The Kier molecular flexibility index (Phi) is 1.47. The molecule has 0 saturated carbocycles. The lowest BCUT2D eigenvalue weighted by Crippen LogP contribution is -2.40. The summed E-state index contributed by atoms with van der Waals surface area (Å²) in [5.41, 5.74) is 7.16. The summed E-state index contributed by atoms with van der Waals surface area (Å²) in [4.78, 5) is 0. The fourth-order valence-electron chi connectivity index (χ4n) is 1.48. The second kappa shape index (κ2) is 2.46. The number of hydrogen-bond acceptors (Lipinski definition) is 1. The first-order chi connectivity index (χ1) is 4.97. The largest absolute Gasteiger partial charge is 0.311 e. The summed E-state index contributed by atoms with van der Waals surface area (Å²) >= 11 is 0. The van der Waals surface area contributed by atoms with Crippen LogP contribution in [0.1, 0.15) is 12.8 Å². The van der Waals surface area contributed by atoms with E-state index >= 15 is 0 Å². The lowest BCUT2D eigenvalue weighted by Gasteiger charge is -2.28. The maximum atomic E-state index is 4.26. The summed E-state index contributed by atoms with van der Waals surface area (Å²) in [5, 5.41) is 0. The van der Waals surface area contributed by atoms with Crippen molar-refractivity contribution >= 4 is 0 Å². The number of allylic oxidation sites excluding steroid dienone is 1. The topological polar surface area (TPSA) is 26.1 Å². The van der Waals surface area contributed by atoms with Crippen molar-refractivity contribution in [2.24, 2.45) is 5.92 Å². The quantitative estimate of drug-likeness (QED) is 0.492. The summed E-state index contributed by atoms with van der Waals surface area (Å²) in [6.45, 7) is 0. The van der Waals surface area contributed by atoms with E-state index in [0.29, 0.717) is 12.0 Å². The fourth-order valence-corrected chi connectivity index (χ4v) is 1.48. The Hall–Kier alpha value is -0.760. The number of nitrogens with zero attached hydrogens (tertiary/aromatic N) is 1. The van der Waals surface area contributed by atoms with Gasteiger partial charge < -0.3 is 5.43 Å². The molecule has 2 heteroatoms. The van der Waals surface area contributed by atoms with Gasteiger partial charge >= 0.3 is 0 Å². The molecule has 1 N–H and O–H groups in total. The van der Waals surface area contributed by atoms with Crippen molar-refractivity contribution in [3.05, 3.63) is 24.4 Å². The second-order valence-electron chi connectivity index (χ2n) is 2.79. The van der Waals surface area contributed by atoms with Gasteiger partial charge in [-0.15, -0.1) is 5.43 Å². The summed E-state index contributed by atoms with van der Waals surface area (Å²) in [6.07, 6.45) is 10.9. The Morgan fingerprint density at radius 1 is 1.30 bits per heavy atom. The lowest BCUT2D eigenvalue weighted by molar-refractivity contribution is 0.346. The molecule has 1 radical (unpaired) electrons. The number of fused-ring (bicyclic) bond motifs is 1. The van der Waals surface area contributed by atoms with Crippen LogP contribution in [0.5, 0.6) is 0 Å². The second-order valence-corrected chi connectivity index (χ2v) is 2.79. The summed E-state index contributed by atoms with van der Waals surface area (Å²) in [6, 6.07) is 0.495. The van der Waals surface area contributed by atoms with Crippen molar-refractivity contribution in [2.75, 3.05) is 0 Å². The molecule has 1 aliphatic carbocycles. The van der Waals surface area contributed by atoms with Crippen LogP contribution < -0.4 is 10.9 Å².